The molecule has 0 saturated heterocycles. The normalized spacial score (nSPS) is 11.1. The van der Waals surface area contributed by atoms with Crippen molar-refractivity contribution in [2.45, 2.75) is 19.4 Å². The zero-order chi connectivity index (χ0) is 13.2. The molecule has 0 fully saturated rings. The highest BCUT2D eigenvalue weighted by Gasteiger charge is 2.25. The highest BCUT2D eigenvalue weighted by Crippen LogP contribution is 2.11. The van der Waals surface area contributed by atoms with E-state index in [4.69, 9.17) is 18.0 Å². The molecule has 92 valence electrons. The topological polar surface area (TPSA) is 55.1 Å². The number of carbonyl (C=O) groups is 1. The van der Waals surface area contributed by atoms with Crippen molar-refractivity contribution in [3.8, 4) is 0 Å². The summed E-state index contributed by atoms with van der Waals surface area (Å²) in [5.74, 6) is -2.37. The van der Waals surface area contributed by atoms with E-state index in [1.807, 2.05) is 0 Å². The van der Waals surface area contributed by atoms with Gasteiger partial charge in [0.1, 0.15) is 11.6 Å². The van der Waals surface area contributed by atoms with E-state index >= 15 is 0 Å². The molecule has 1 amide bonds. The molecule has 0 aliphatic heterocycles. The Morgan fingerprint density at radius 1 is 1.41 bits per heavy atom. The number of thiocarbonyl (C=S) groups is 1. The second kappa shape index (κ2) is 4.75. The summed E-state index contributed by atoms with van der Waals surface area (Å²) in [7, 11) is 0. The van der Waals surface area contributed by atoms with Crippen LogP contribution in [0.25, 0.3) is 0 Å². The van der Waals surface area contributed by atoms with Crippen LogP contribution in [-0.4, -0.2) is 16.4 Å². The van der Waals surface area contributed by atoms with Gasteiger partial charge in [0.25, 0.3) is 5.91 Å². The standard InChI is InChI=1S/C11H12F2N2OS/c1-11(2,10(14)17)15-9(16)7-4-3-6(12)5-8(7)13/h3-5H,1-2H3,(H2,14,17)(H,15,16). The summed E-state index contributed by atoms with van der Waals surface area (Å²) in [6.07, 6.45) is 0. The highest BCUT2D eigenvalue weighted by molar-refractivity contribution is 7.80. The van der Waals surface area contributed by atoms with Crippen molar-refractivity contribution in [3.05, 3.63) is 35.4 Å². The maximum Gasteiger partial charge on any atom is 0.255 e. The Balaban J connectivity index is 2.95. The van der Waals surface area contributed by atoms with Gasteiger partial charge in [-0.25, -0.2) is 8.78 Å². The predicted molar refractivity (Wildman–Crippen MR) is 64.7 cm³/mol. The molecule has 3 N–H and O–H groups in total. The first kappa shape index (κ1) is 13.5. The molecule has 0 aromatic heterocycles. The number of amides is 1. The molecule has 0 heterocycles. The number of hydrogen-bond donors (Lipinski definition) is 2. The van der Waals surface area contributed by atoms with Gasteiger partial charge in [-0.3, -0.25) is 4.79 Å². The van der Waals surface area contributed by atoms with Crippen LogP contribution in [0.4, 0.5) is 8.78 Å². The summed E-state index contributed by atoms with van der Waals surface area (Å²) in [4.78, 5) is 11.8. The molecule has 1 rings (SSSR count). The number of nitrogens with two attached hydrogens (primary N) is 1. The number of halogens is 2. The molecule has 0 radical (unpaired) electrons. The van der Waals surface area contributed by atoms with E-state index in [0.717, 1.165) is 12.1 Å². The number of hydrogen-bond acceptors (Lipinski definition) is 2. The molecule has 0 unspecified atom stereocenters. The SMILES string of the molecule is CC(C)(NC(=O)c1ccc(F)cc1F)C(N)=S. The Hall–Kier alpha value is -1.56. The molecular weight excluding hydrogens is 246 g/mol. The van der Waals surface area contributed by atoms with E-state index in [-0.39, 0.29) is 10.6 Å². The third-order valence-corrected chi connectivity index (χ3v) is 2.73. The first-order valence-corrected chi connectivity index (χ1v) is 5.22. The molecule has 0 aliphatic carbocycles. The Labute approximate surface area is 103 Å². The Kier molecular flexibility index (Phi) is 3.77. The average molecular weight is 258 g/mol. The largest absolute Gasteiger partial charge is 0.391 e. The van der Waals surface area contributed by atoms with Crippen molar-refractivity contribution in [1.29, 1.82) is 0 Å². The zero-order valence-electron chi connectivity index (χ0n) is 9.38. The smallest absolute Gasteiger partial charge is 0.255 e. The van der Waals surface area contributed by atoms with Crippen molar-refractivity contribution in [3.63, 3.8) is 0 Å². The monoisotopic (exact) mass is 258 g/mol. The molecule has 17 heavy (non-hydrogen) atoms. The van der Waals surface area contributed by atoms with Gasteiger partial charge in [0.05, 0.1) is 16.1 Å². The van der Waals surface area contributed by atoms with Crippen LogP contribution in [-0.2, 0) is 0 Å². The molecule has 1 aromatic rings. The van der Waals surface area contributed by atoms with Crippen LogP contribution in [0.2, 0.25) is 0 Å². The van der Waals surface area contributed by atoms with Crippen LogP contribution < -0.4 is 11.1 Å². The Morgan fingerprint density at radius 2 is 2.00 bits per heavy atom. The highest BCUT2D eigenvalue weighted by atomic mass is 32.1. The van der Waals surface area contributed by atoms with E-state index in [0.29, 0.717) is 6.07 Å². The molecule has 1 aromatic carbocycles. The summed E-state index contributed by atoms with van der Waals surface area (Å²) >= 11 is 4.76. The summed E-state index contributed by atoms with van der Waals surface area (Å²) in [5, 5.41) is 2.46. The molecule has 3 nitrogen and oxygen atoms in total. The van der Waals surface area contributed by atoms with Gasteiger partial charge in [0, 0.05) is 6.07 Å². The van der Waals surface area contributed by atoms with Gasteiger partial charge in [-0.1, -0.05) is 12.2 Å². The van der Waals surface area contributed by atoms with Crippen molar-refractivity contribution in [1.82, 2.24) is 5.32 Å². The number of rotatable bonds is 3. The van der Waals surface area contributed by atoms with Gasteiger partial charge in [-0.2, -0.15) is 0 Å². The van der Waals surface area contributed by atoms with Crippen molar-refractivity contribution < 1.29 is 13.6 Å². The number of nitrogens with one attached hydrogen (secondary N) is 1. The molecule has 0 aliphatic rings. The molecule has 0 spiro atoms. The van der Waals surface area contributed by atoms with E-state index in [9.17, 15) is 13.6 Å². The average Bonchev–Trinajstić information content (AvgIpc) is 2.15. The first-order valence-electron chi connectivity index (χ1n) is 4.81. The van der Waals surface area contributed by atoms with Crippen molar-refractivity contribution in [2.75, 3.05) is 0 Å². The van der Waals surface area contributed by atoms with Crippen LogP contribution in [0.15, 0.2) is 18.2 Å². The van der Waals surface area contributed by atoms with Gasteiger partial charge in [-0.15, -0.1) is 0 Å². The lowest BCUT2D eigenvalue weighted by molar-refractivity contribution is 0.0928. The number of carbonyl (C=O) groups excluding carboxylic acids is 1. The fourth-order valence-corrected chi connectivity index (χ4v) is 1.14. The van der Waals surface area contributed by atoms with E-state index in [1.54, 1.807) is 13.8 Å². The summed E-state index contributed by atoms with van der Waals surface area (Å²) in [6, 6.07) is 2.71. The maximum atomic E-state index is 13.3. The van der Waals surface area contributed by atoms with Crippen LogP contribution >= 0.6 is 12.2 Å². The maximum absolute atomic E-state index is 13.3. The summed E-state index contributed by atoms with van der Waals surface area (Å²) < 4.78 is 26.0. The Morgan fingerprint density at radius 3 is 2.47 bits per heavy atom. The van der Waals surface area contributed by atoms with Gasteiger partial charge in [0.2, 0.25) is 0 Å². The predicted octanol–water partition coefficient (Wildman–Crippen LogP) is 1.76. The van der Waals surface area contributed by atoms with E-state index in [1.165, 1.54) is 0 Å². The molecule has 0 saturated carbocycles. The van der Waals surface area contributed by atoms with Crippen LogP contribution in [0, 0.1) is 11.6 Å². The minimum atomic E-state index is -0.937. The third-order valence-electron chi connectivity index (χ3n) is 2.22. The van der Waals surface area contributed by atoms with E-state index in [2.05, 4.69) is 5.32 Å². The van der Waals surface area contributed by atoms with E-state index < -0.39 is 23.1 Å². The van der Waals surface area contributed by atoms with Crippen molar-refractivity contribution >= 4 is 23.1 Å². The van der Waals surface area contributed by atoms with Gasteiger partial charge >= 0.3 is 0 Å². The third kappa shape index (κ3) is 3.20. The fourth-order valence-electron chi connectivity index (χ4n) is 1.09. The Bertz CT molecular complexity index is 475. The lowest BCUT2D eigenvalue weighted by Gasteiger charge is -2.24. The quantitative estimate of drug-likeness (QED) is 0.812. The fraction of sp³-hybridized carbons (Fsp3) is 0.273. The van der Waals surface area contributed by atoms with Crippen LogP contribution in [0.5, 0.6) is 0 Å². The van der Waals surface area contributed by atoms with Crippen molar-refractivity contribution in [2.24, 2.45) is 5.73 Å². The van der Waals surface area contributed by atoms with Crippen LogP contribution in [0.3, 0.4) is 0 Å². The molecular formula is C11H12F2N2OS. The van der Waals surface area contributed by atoms with Gasteiger partial charge in [0.15, 0.2) is 0 Å². The lowest BCUT2D eigenvalue weighted by atomic mass is 10.0. The zero-order valence-corrected chi connectivity index (χ0v) is 10.2. The van der Waals surface area contributed by atoms with Gasteiger partial charge in [-0.05, 0) is 26.0 Å². The molecule has 6 heteroatoms. The second-order valence-electron chi connectivity index (χ2n) is 4.07. The first-order chi connectivity index (χ1) is 7.74. The molecule has 0 bridgehead atoms. The van der Waals surface area contributed by atoms with Crippen LogP contribution in [0.1, 0.15) is 24.2 Å². The van der Waals surface area contributed by atoms with Gasteiger partial charge < -0.3 is 11.1 Å². The summed E-state index contributed by atoms with van der Waals surface area (Å²) in [5.41, 5.74) is 4.23. The lowest BCUT2D eigenvalue weighted by Crippen LogP contribution is -2.52. The molecule has 0 atom stereocenters. The second-order valence-corrected chi connectivity index (χ2v) is 4.51. The summed E-state index contributed by atoms with van der Waals surface area (Å²) in [6.45, 7) is 3.18. The minimum absolute atomic E-state index is 0.0772. The number of benzene rings is 1. The minimum Gasteiger partial charge on any atom is -0.391 e.